The fourth-order valence-electron chi connectivity index (χ4n) is 4.67. The van der Waals surface area contributed by atoms with Crippen LogP contribution in [0.4, 0.5) is 5.69 Å². The maximum Gasteiger partial charge on any atom is 0.340 e. The first-order chi connectivity index (χ1) is 18.5. The van der Waals surface area contributed by atoms with Gasteiger partial charge in [-0.25, -0.2) is 4.79 Å². The number of amides is 1. The number of methoxy groups -OCH3 is 2. The van der Waals surface area contributed by atoms with E-state index in [1.165, 1.54) is 7.11 Å². The summed E-state index contributed by atoms with van der Waals surface area (Å²) in [5.74, 6) is 0.225. The Morgan fingerprint density at radius 3 is 2.37 bits per heavy atom. The molecule has 6 nitrogen and oxygen atoms in total. The zero-order valence-corrected chi connectivity index (χ0v) is 21.4. The van der Waals surface area contributed by atoms with Crippen LogP contribution in [0.15, 0.2) is 108 Å². The minimum Gasteiger partial charge on any atom is -0.493 e. The molecule has 0 aliphatic carbocycles. The van der Waals surface area contributed by atoms with Crippen LogP contribution >= 0.6 is 0 Å². The fraction of sp³-hybridized carbons (Fsp3) is 0.125. The van der Waals surface area contributed by atoms with Crippen LogP contribution in [0.3, 0.4) is 0 Å². The van der Waals surface area contributed by atoms with E-state index in [2.05, 4.69) is 0 Å². The predicted octanol–water partition coefficient (Wildman–Crippen LogP) is 6.30. The van der Waals surface area contributed by atoms with E-state index < -0.39 is 5.97 Å². The number of hydrogen-bond acceptors (Lipinski definition) is 5. The lowest BCUT2D eigenvalue weighted by atomic mass is 10.0. The Morgan fingerprint density at radius 2 is 1.61 bits per heavy atom. The molecule has 0 saturated heterocycles. The number of hydrogen-bond donors (Lipinski definition) is 0. The van der Waals surface area contributed by atoms with Crippen LogP contribution in [0.25, 0.3) is 16.8 Å². The van der Waals surface area contributed by atoms with Gasteiger partial charge in [-0.3, -0.25) is 9.69 Å². The fourth-order valence-corrected chi connectivity index (χ4v) is 4.67. The molecule has 1 amide bonds. The van der Waals surface area contributed by atoms with Crippen molar-refractivity contribution in [2.45, 2.75) is 13.5 Å². The van der Waals surface area contributed by atoms with E-state index in [1.807, 2.05) is 78.9 Å². The smallest absolute Gasteiger partial charge is 0.340 e. The second-order valence-electron chi connectivity index (χ2n) is 8.83. The monoisotopic (exact) mass is 505 g/mol. The Labute approximate surface area is 221 Å². The summed E-state index contributed by atoms with van der Waals surface area (Å²) in [7, 11) is 2.88. The van der Waals surface area contributed by atoms with Crippen molar-refractivity contribution >= 4 is 34.4 Å². The summed E-state index contributed by atoms with van der Waals surface area (Å²) >= 11 is 0. The van der Waals surface area contributed by atoms with Crippen molar-refractivity contribution in [3.8, 4) is 11.5 Å². The molecule has 6 heteroatoms. The average molecular weight is 506 g/mol. The molecule has 38 heavy (non-hydrogen) atoms. The molecule has 0 radical (unpaired) electrons. The number of carbonyl (C=O) groups excluding carboxylic acids is 2. The van der Waals surface area contributed by atoms with Crippen LogP contribution in [0.5, 0.6) is 11.5 Å². The van der Waals surface area contributed by atoms with Gasteiger partial charge in [-0.05, 0) is 47.7 Å². The molecule has 1 aliphatic heterocycles. The molecule has 0 unspecified atom stereocenters. The summed E-state index contributed by atoms with van der Waals surface area (Å²) in [5.41, 5.74) is 3.42. The van der Waals surface area contributed by atoms with Gasteiger partial charge in [0.1, 0.15) is 6.61 Å². The van der Waals surface area contributed by atoms with E-state index in [4.69, 9.17) is 14.2 Å². The molecule has 1 aliphatic rings. The highest BCUT2D eigenvalue weighted by Crippen LogP contribution is 2.39. The van der Waals surface area contributed by atoms with Crippen molar-refractivity contribution in [1.29, 1.82) is 0 Å². The molecule has 0 N–H and O–H groups in total. The van der Waals surface area contributed by atoms with Crippen LogP contribution < -0.4 is 14.4 Å². The lowest BCUT2D eigenvalue weighted by Gasteiger charge is -2.20. The molecule has 0 atom stereocenters. The van der Waals surface area contributed by atoms with Crippen molar-refractivity contribution in [2.75, 3.05) is 19.1 Å². The van der Waals surface area contributed by atoms with Gasteiger partial charge in [0.05, 0.1) is 31.1 Å². The van der Waals surface area contributed by atoms with Gasteiger partial charge in [0.2, 0.25) is 0 Å². The zero-order chi connectivity index (χ0) is 26.6. The molecule has 5 rings (SSSR count). The number of fused-ring (bicyclic) bond motifs is 1. The van der Waals surface area contributed by atoms with Gasteiger partial charge < -0.3 is 14.2 Å². The number of nitrogens with zero attached hydrogens (tertiary/aromatic N) is 1. The van der Waals surface area contributed by atoms with Gasteiger partial charge >= 0.3 is 5.97 Å². The van der Waals surface area contributed by atoms with E-state index in [0.29, 0.717) is 35.1 Å². The summed E-state index contributed by atoms with van der Waals surface area (Å²) in [6.45, 7) is 2.15. The Balaban J connectivity index is 1.52. The third kappa shape index (κ3) is 4.64. The van der Waals surface area contributed by atoms with Gasteiger partial charge in [0, 0.05) is 11.1 Å². The van der Waals surface area contributed by atoms with E-state index in [-0.39, 0.29) is 17.1 Å². The van der Waals surface area contributed by atoms with E-state index >= 15 is 0 Å². The van der Waals surface area contributed by atoms with Crippen molar-refractivity contribution in [2.24, 2.45) is 0 Å². The molecule has 4 aromatic carbocycles. The zero-order valence-electron chi connectivity index (χ0n) is 21.4. The highest BCUT2D eigenvalue weighted by Gasteiger charge is 2.38. The van der Waals surface area contributed by atoms with Crippen molar-refractivity contribution in [3.63, 3.8) is 0 Å². The maximum absolute atomic E-state index is 13.8. The molecular formula is C32H27NO5. The summed E-state index contributed by atoms with van der Waals surface area (Å²) in [6, 6.07) is 28.9. The molecule has 0 spiro atoms. The summed E-state index contributed by atoms with van der Waals surface area (Å²) in [4.78, 5) is 28.3. The van der Waals surface area contributed by atoms with Crippen LogP contribution in [-0.2, 0) is 20.9 Å². The number of rotatable bonds is 7. The molecule has 190 valence electrons. The lowest BCUT2D eigenvalue weighted by Crippen LogP contribution is -2.24. The standard InChI is InChI=1S/C32H27NO5/c1-21-30(32(35)37-3)26(31(34)33(21)27-15-9-13-24-12-7-8-14-25(24)27)18-23-16-17-28(29(19-23)36-2)38-20-22-10-5-4-6-11-22/h4-19H,20H2,1-3H3/b26-18-. The first-order valence-corrected chi connectivity index (χ1v) is 12.2. The number of carbonyl (C=O) groups is 2. The van der Waals surface area contributed by atoms with Crippen LogP contribution in [0, 0.1) is 0 Å². The van der Waals surface area contributed by atoms with Crippen LogP contribution in [0.1, 0.15) is 18.1 Å². The topological polar surface area (TPSA) is 65.1 Å². The van der Waals surface area contributed by atoms with Crippen molar-refractivity contribution in [1.82, 2.24) is 0 Å². The quantitative estimate of drug-likeness (QED) is 0.218. The SMILES string of the molecule is COC(=O)C1=C(C)N(c2cccc3ccccc23)C(=O)/C1=C\c1ccc(OCc2ccccc2)c(OC)c1. The minimum absolute atomic E-state index is 0.230. The largest absolute Gasteiger partial charge is 0.493 e. The summed E-state index contributed by atoms with van der Waals surface area (Å²) in [6.07, 6.45) is 1.69. The van der Waals surface area contributed by atoms with Crippen molar-refractivity contribution in [3.05, 3.63) is 119 Å². The average Bonchev–Trinajstić information content (AvgIpc) is 3.20. The molecule has 4 aromatic rings. The minimum atomic E-state index is -0.570. The van der Waals surface area contributed by atoms with Gasteiger partial charge in [0.15, 0.2) is 11.5 Å². The number of benzene rings is 4. The van der Waals surface area contributed by atoms with E-state index in [9.17, 15) is 9.59 Å². The Hall–Kier alpha value is -4.84. The predicted molar refractivity (Wildman–Crippen MR) is 148 cm³/mol. The molecule has 0 bridgehead atoms. The number of anilines is 1. The third-order valence-electron chi connectivity index (χ3n) is 6.53. The second kappa shape index (κ2) is 10.6. The Morgan fingerprint density at radius 1 is 0.868 bits per heavy atom. The maximum atomic E-state index is 13.8. The molecular weight excluding hydrogens is 478 g/mol. The highest BCUT2D eigenvalue weighted by molar-refractivity contribution is 6.25. The lowest BCUT2D eigenvalue weighted by molar-refractivity contribution is -0.136. The normalized spacial score (nSPS) is 14.3. The third-order valence-corrected chi connectivity index (χ3v) is 6.53. The second-order valence-corrected chi connectivity index (χ2v) is 8.83. The van der Waals surface area contributed by atoms with Gasteiger partial charge in [-0.2, -0.15) is 0 Å². The molecule has 0 saturated carbocycles. The molecule has 1 heterocycles. The first kappa shape index (κ1) is 24.8. The van der Waals surface area contributed by atoms with Crippen LogP contribution in [-0.4, -0.2) is 26.1 Å². The van der Waals surface area contributed by atoms with Gasteiger partial charge in [-0.1, -0.05) is 72.8 Å². The number of esters is 1. The number of allylic oxidation sites excluding steroid dienone is 1. The van der Waals surface area contributed by atoms with E-state index in [1.54, 1.807) is 37.1 Å². The Kier molecular flexibility index (Phi) is 6.96. The Bertz CT molecular complexity index is 1580. The van der Waals surface area contributed by atoms with Crippen LogP contribution in [0.2, 0.25) is 0 Å². The summed E-state index contributed by atoms with van der Waals surface area (Å²) in [5, 5.41) is 1.91. The first-order valence-electron chi connectivity index (χ1n) is 12.2. The van der Waals surface area contributed by atoms with Gasteiger partial charge in [-0.15, -0.1) is 0 Å². The summed E-state index contributed by atoms with van der Waals surface area (Å²) < 4.78 is 16.6. The van der Waals surface area contributed by atoms with E-state index in [0.717, 1.165) is 16.3 Å². The van der Waals surface area contributed by atoms with Crippen molar-refractivity contribution < 1.29 is 23.8 Å². The molecule has 0 aromatic heterocycles. The number of ether oxygens (including phenoxy) is 3. The van der Waals surface area contributed by atoms with Gasteiger partial charge in [0.25, 0.3) is 5.91 Å². The highest BCUT2D eigenvalue weighted by atomic mass is 16.5. The molecule has 0 fully saturated rings.